The minimum absolute atomic E-state index is 0.171. The Balaban J connectivity index is 1.51. The third-order valence-electron chi connectivity index (χ3n) is 6.52. The number of cyclic esters (lactones) is 1. The molecule has 1 N–H and O–H groups in total. The molecule has 1 aliphatic heterocycles. The number of amides is 1. The predicted octanol–water partition coefficient (Wildman–Crippen LogP) is 5.45. The lowest BCUT2D eigenvalue weighted by atomic mass is 9.80. The van der Waals surface area contributed by atoms with Gasteiger partial charge in [-0.1, -0.05) is 60.7 Å². The summed E-state index contributed by atoms with van der Waals surface area (Å²) in [6.07, 6.45) is 3.87. The second kappa shape index (κ2) is 9.91. The molecular weight excluding hydrogens is 460 g/mol. The van der Waals surface area contributed by atoms with E-state index in [0.717, 1.165) is 22.3 Å². The van der Waals surface area contributed by atoms with Crippen LogP contribution < -0.4 is 0 Å². The standard InChI is InChI=1S/C28H32N2O4S/c1-20(21-10-12-22(13-11-21)23-14-15-25(29-18-23)35(4)33)30-17-16-28(34-26(30)31,19-27(2,3)32)24-8-6-5-7-9-24/h5-15,18,20,32H,16-17,19H2,1-4H3/t20?,28-,35-/m0/s1. The van der Waals surface area contributed by atoms with Crippen molar-refractivity contribution < 1.29 is 18.8 Å². The molecule has 4 rings (SSSR count). The second-order valence-corrected chi connectivity index (χ2v) is 11.1. The highest BCUT2D eigenvalue weighted by atomic mass is 32.2. The van der Waals surface area contributed by atoms with Crippen molar-refractivity contribution in [1.82, 2.24) is 9.88 Å². The number of hydrogen-bond acceptors (Lipinski definition) is 5. The van der Waals surface area contributed by atoms with Gasteiger partial charge in [0.15, 0.2) is 0 Å². The van der Waals surface area contributed by atoms with Gasteiger partial charge in [0.2, 0.25) is 0 Å². The molecule has 1 aliphatic rings. The minimum Gasteiger partial charge on any atom is -0.438 e. The molecule has 0 saturated carbocycles. The first-order valence-electron chi connectivity index (χ1n) is 11.8. The number of ether oxygens (including phenoxy) is 1. The molecule has 6 nitrogen and oxygen atoms in total. The first-order chi connectivity index (χ1) is 16.6. The first kappa shape index (κ1) is 25.1. The van der Waals surface area contributed by atoms with Gasteiger partial charge in [0.1, 0.15) is 10.6 Å². The number of rotatable bonds is 7. The summed E-state index contributed by atoms with van der Waals surface area (Å²) in [4.78, 5) is 19.3. The molecule has 2 heterocycles. The topological polar surface area (TPSA) is 79.7 Å². The Bertz CT molecular complexity index is 1190. The van der Waals surface area contributed by atoms with Gasteiger partial charge in [0, 0.05) is 37.4 Å². The van der Waals surface area contributed by atoms with Crippen molar-refractivity contribution in [2.24, 2.45) is 0 Å². The Morgan fingerprint density at radius 1 is 1.09 bits per heavy atom. The van der Waals surface area contributed by atoms with Crippen LogP contribution in [-0.2, 0) is 21.1 Å². The lowest BCUT2D eigenvalue weighted by molar-refractivity contribution is -0.101. The van der Waals surface area contributed by atoms with Gasteiger partial charge in [0.05, 0.1) is 22.4 Å². The molecule has 3 atom stereocenters. The van der Waals surface area contributed by atoms with Gasteiger partial charge in [-0.25, -0.2) is 9.78 Å². The van der Waals surface area contributed by atoms with Crippen LogP contribution in [0.2, 0.25) is 0 Å². The largest absolute Gasteiger partial charge is 0.438 e. The molecule has 1 fully saturated rings. The third-order valence-corrected chi connectivity index (χ3v) is 7.35. The molecule has 184 valence electrons. The average Bonchev–Trinajstić information content (AvgIpc) is 2.83. The van der Waals surface area contributed by atoms with Gasteiger partial charge in [0.25, 0.3) is 0 Å². The van der Waals surface area contributed by atoms with E-state index in [1.807, 2.05) is 67.6 Å². The molecule has 35 heavy (non-hydrogen) atoms. The maximum Gasteiger partial charge on any atom is 0.411 e. The van der Waals surface area contributed by atoms with Gasteiger partial charge >= 0.3 is 6.09 Å². The zero-order chi connectivity index (χ0) is 25.2. The number of pyridine rings is 1. The van der Waals surface area contributed by atoms with Gasteiger partial charge < -0.3 is 14.7 Å². The van der Waals surface area contributed by atoms with Crippen molar-refractivity contribution in [3.05, 3.63) is 84.1 Å². The molecule has 0 spiro atoms. The number of nitrogens with zero attached hydrogens (tertiary/aromatic N) is 2. The molecule has 2 aromatic carbocycles. The van der Waals surface area contributed by atoms with E-state index in [9.17, 15) is 14.1 Å². The molecule has 0 radical (unpaired) electrons. The Kier molecular flexibility index (Phi) is 7.10. The maximum atomic E-state index is 13.2. The smallest absolute Gasteiger partial charge is 0.411 e. The molecule has 1 unspecified atom stereocenters. The molecule has 0 bridgehead atoms. The van der Waals surface area contributed by atoms with Gasteiger partial charge in [-0.3, -0.25) is 4.21 Å². The van der Waals surface area contributed by atoms with Crippen molar-refractivity contribution in [2.75, 3.05) is 12.8 Å². The fraction of sp³-hybridized carbons (Fsp3) is 0.357. The lowest BCUT2D eigenvalue weighted by Crippen LogP contribution is -2.51. The number of hydrogen-bond donors (Lipinski definition) is 1. The van der Waals surface area contributed by atoms with E-state index >= 15 is 0 Å². The quantitative estimate of drug-likeness (QED) is 0.475. The van der Waals surface area contributed by atoms with Gasteiger partial charge in [-0.15, -0.1) is 0 Å². The summed E-state index contributed by atoms with van der Waals surface area (Å²) in [6, 6.07) is 21.2. The summed E-state index contributed by atoms with van der Waals surface area (Å²) in [5.41, 5.74) is 1.99. The van der Waals surface area contributed by atoms with Crippen LogP contribution in [0.3, 0.4) is 0 Å². The fourth-order valence-corrected chi connectivity index (χ4v) is 5.21. The van der Waals surface area contributed by atoms with Crippen molar-refractivity contribution in [3.63, 3.8) is 0 Å². The molecule has 3 aromatic rings. The molecule has 1 aromatic heterocycles. The van der Waals surface area contributed by atoms with E-state index in [2.05, 4.69) is 4.98 Å². The van der Waals surface area contributed by atoms with Crippen LogP contribution in [0.25, 0.3) is 11.1 Å². The third kappa shape index (κ3) is 5.63. The van der Waals surface area contributed by atoms with Crippen molar-refractivity contribution in [3.8, 4) is 11.1 Å². The number of carbonyl (C=O) groups is 1. The summed E-state index contributed by atoms with van der Waals surface area (Å²) in [5.74, 6) is 0. The highest BCUT2D eigenvalue weighted by Crippen LogP contribution is 2.42. The summed E-state index contributed by atoms with van der Waals surface area (Å²) < 4.78 is 17.7. The van der Waals surface area contributed by atoms with E-state index in [4.69, 9.17) is 4.74 Å². The van der Waals surface area contributed by atoms with Crippen LogP contribution in [0.1, 0.15) is 50.8 Å². The van der Waals surface area contributed by atoms with Crippen molar-refractivity contribution in [2.45, 2.75) is 55.9 Å². The van der Waals surface area contributed by atoms with E-state index in [0.29, 0.717) is 24.4 Å². The molecule has 1 amide bonds. The zero-order valence-electron chi connectivity index (χ0n) is 20.6. The predicted molar refractivity (Wildman–Crippen MR) is 137 cm³/mol. The Labute approximate surface area is 209 Å². The van der Waals surface area contributed by atoms with Crippen LogP contribution >= 0.6 is 0 Å². The van der Waals surface area contributed by atoms with Gasteiger partial charge in [-0.05, 0) is 43.5 Å². The number of aliphatic hydroxyl groups is 1. The van der Waals surface area contributed by atoms with E-state index in [1.54, 1.807) is 37.3 Å². The summed E-state index contributed by atoms with van der Waals surface area (Å²) in [5, 5.41) is 11.1. The molecule has 0 aliphatic carbocycles. The summed E-state index contributed by atoms with van der Waals surface area (Å²) in [6.45, 7) is 6.00. The van der Waals surface area contributed by atoms with Crippen molar-refractivity contribution in [1.29, 1.82) is 0 Å². The summed E-state index contributed by atoms with van der Waals surface area (Å²) >= 11 is 0. The second-order valence-electron chi connectivity index (χ2n) is 9.80. The summed E-state index contributed by atoms with van der Waals surface area (Å²) in [7, 11) is -1.11. The maximum absolute atomic E-state index is 13.2. The Hall–Kier alpha value is -3.03. The highest BCUT2D eigenvalue weighted by molar-refractivity contribution is 7.84. The number of benzene rings is 2. The van der Waals surface area contributed by atoms with Crippen LogP contribution in [0.5, 0.6) is 0 Å². The van der Waals surface area contributed by atoms with Crippen LogP contribution in [0.4, 0.5) is 4.79 Å². The Morgan fingerprint density at radius 3 is 2.29 bits per heavy atom. The molecule has 7 heteroatoms. The molecular formula is C28H32N2O4S. The fourth-order valence-electron chi connectivity index (χ4n) is 4.75. The molecule has 1 saturated heterocycles. The van der Waals surface area contributed by atoms with Crippen LogP contribution in [-0.4, -0.2) is 43.7 Å². The average molecular weight is 493 g/mol. The normalized spacial score (nSPS) is 20.3. The highest BCUT2D eigenvalue weighted by Gasteiger charge is 2.46. The van der Waals surface area contributed by atoms with E-state index in [-0.39, 0.29) is 12.1 Å². The van der Waals surface area contributed by atoms with E-state index in [1.165, 1.54) is 0 Å². The zero-order valence-corrected chi connectivity index (χ0v) is 21.4. The van der Waals surface area contributed by atoms with E-state index < -0.39 is 22.0 Å². The Morgan fingerprint density at radius 2 is 1.74 bits per heavy atom. The monoisotopic (exact) mass is 492 g/mol. The van der Waals surface area contributed by atoms with Crippen LogP contribution in [0.15, 0.2) is 78.0 Å². The minimum atomic E-state index is -1.11. The lowest BCUT2D eigenvalue weighted by Gasteiger charge is -2.45. The SMILES string of the molecule is CC(c1ccc(-c2ccc([S@](C)=O)nc2)cc1)N1CC[C@](CC(C)(C)O)(c2ccccc2)OC1=O. The number of carbonyl (C=O) groups excluding carboxylic acids is 1. The van der Waals surface area contributed by atoms with Gasteiger partial charge in [-0.2, -0.15) is 0 Å². The van der Waals surface area contributed by atoms with Crippen LogP contribution in [0, 0.1) is 0 Å². The number of aromatic nitrogens is 1. The first-order valence-corrected chi connectivity index (χ1v) is 13.3. The van der Waals surface area contributed by atoms with Crippen molar-refractivity contribution >= 4 is 16.9 Å².